The maximum absolute atomic E-state index is 13.3. The Morgan fingerprint density at radius 3 is 2.83 bits per heavy atom. The van der Waals surface area contributed by atoms with E-state index in [9.17, 15) is 14.9 Å². The Morgan fingerprint density at radius 1 is 1.23 bits per heavy atom. The van der Waals surface area contributed by atoms with Gasteiger partial charge in [0.05, 0.1) is 22.6 Å². The zero-order valence-electron chi connectivity index (χ0n) is 17.0. The number of aromatic nitrogens is 4. The summed E-state index contributed by atoms with van der Waals surface area (Å²) in [7, 11) is 0. The molecule has 0 aliphatic heterocycles. The van der Waals surface area contributed by atoms with Crippen LogP contribution in [-0.2, 0) is 0 Å². The largest absolute Gasteiger partial charge is 0.354 e. The molecule has 3 aromatic heterocycles. The lowest BCUT2D eigenvalue weighted by Crippen LogP contribution is -2.23. The van der Waals surface area contributed by atoms with E-state index in [0.29, 0.717) is 23.4 Å². The molecule has 0 unspecified atom stereocenters. The zero-order valence-corrected chi connectivity index (χ0v) is 17.0. The number of nitriles is 1. The number of unbranched alkanes of at least 4 members (excludes halogenated alkanes) is 3. The first-order valence-electron chi connectivity index (χ1n) is 10.1. The highest BCUT2D eigenvalue weighted by atomic mass is 16.1. The second-order valence-electron chi connectivity index (χ2n) is 7.39. The Hall–Kier alpha value is -3.73. The molecule has 0 radical (unpaired) electrons. The van der Waals surface area contributed by atoms with Crippen molar-refractivity contribution in [1.29, 1.82) is 5.26 Å². The van der Waals surface area contributed by atoms with Gasteiger partial charge in [0.1, 0.15) is 22.8 Å². The van der Waals surface area contributed by atoms with Crippen LogP contribution in [0.2, 0.25) is 0 Å². The van der Waals surface area contributed by atoms with E-state index in [0.717, 1.165) is 31.2 Å². The van der Waals surface area contributed by atoms with E-state index in [1.807, 2.05) is 19.1 Å². The van der Waals surface area contributed by atoms with Crippen molar-refractivity contribution >= 4 is 33.5 Å². The molecule has 8 nitrogen and oxygen atoms in total. The van der Waals surface area contributed by atoms with E-state index < -0.39 is 5.43 Å². The fourth-order valence-corrected chi connectivity index (χ4v) is 3.63. The molecular weight excluding hydrogens is 380 g/mol. The molecule has 152 valence electrons. The van der Waals surface area contributed by atoms with Crippen LogP contribution >= 0.6 is 0 Å². The topological polar surface area (TPSA) is 116 Å². The number of aromatic amines is 1. The standard InChI is InChI=1S/C22H22N6O2/c1-3-4-5-6-9-24-22-25-12-17-18(27-22)19(29)15(11-23)20-26-16-8-7-13(2)10-14(16)21(30)28(17)20/h7-8,10,12,26H,3-6,9H2,1-2H3,(H,24,25,27). The summed E-state index contributed by atoms with van der Waals surface area (Å²) < 4.78 is 1.32. The molecule has 2 N–H and O–H groups in total. The molecule has 0 aliphatic rings. The monoisotopic (exact) mass is 402 g/mol. The first kappa shape index (κ1) is 19.6. The van der Waals surface area contributed by atoms with Gasteiger partial charge in [-0.05, 0) is 25.5 Å². The lowest BCUT2D eigenvalue weighted by atomic mass is 10.1. The van der Waals surface area contributed by atoms with Crippen molar-refractivity contribution < 1.29 is 0 Å². The fraction of sp³-hybridized carbons (Fsp3) is 0.318. The summed E-state index contributed by atoms with van der Waals surface area (Å²) in [6.45, 7) is 4.74. The molecule has 8 heteroatoms. The molecule has 0 spiro atoms. The minimum absolute atomic E-state index is 0.0487. The molecule has 3 heterocycles. The van der Waals surface area contributed by atoms with E-state index in [1.165, 1.54) is 10.6 Å². The molecule has 4 rings (SSSR count). The van der Waals surface area contributed by atoms with Gasteiger partial charge in [0, 0.05) is 6.54 Å². The number of anilines is 1. The smallest absolute Gasteiger partial charge is 0.266 e. The van der Waals surface area contributed by atoms with Crippen LogP contribution in [-0.4, -0.2) is 25.9 Å². The average molecular weight is 402 g/mol. The van der Waals surface area contributed by atoms with E-state index >= 15 is 0 Å². The van der Waals surface area contributed by atoms with E-state index in [-0.39, 0.29) is 27.8 Å². The summed E-state index contributed by atoms with van der Waals surface area (Å²) in [5.74, 6) is 0.313. The predicted octanol–water partition coefficient (Wildman–Crippen LogP) is 3.26. The quantitative estimate of drug-likeness (QED) is 0.290. The average Bonchev–Trinajstić information content (AvgIpc) is 2.74. The highest BCUT2D eigenvalue weighted by Gasteiger charge is 2.18. The molecule has 0 amide bonds. The number of benzene rings is 1. The molecule has 0 saturated heterocycles. The number of hydrogen-bond donors (Lipinski definition) is 2. The number of nitrogens with zero attached hydrogens (tertiary/aromatic N) is 4. The maximum atomic E-state index is 13.3. The van der Waals surface area contributed by atoms with Gasteiger partial charge in [0.15, 0.2) is 0 Å². The van der Waals surface area contributed by atoms with Crippen molar-refractivity contribution in [3.8, 4) is 6.07 Å². The number of nitrogens with one attached hydrogen (secondary N) is 2. The summed E-state index contributed by atoms with van der Waals surface area (Å²) in [4.78, 5) is 37.9. The summed E-state index contributed by atoms with van der Waals surface area (Å²) in [6.07, 6.45) is 5.85. The Bertz CT molecular complexity index is 1430. The van der Waals surface area contributed by atoms with Gasteiger partial charge in [0.2, 0.25) is 11.4 Å². The molecule has 1 aromatic carbocycles. The van der Waals surface area contributed by atoms with E-state index in [4.69, 9.17) is 0 Å². The molecule has 30 heavy (non-hydrogen) atoms. The molecule has 0 atom stereocenters. The van der Waals surface area contributed by atoms with Gasteiger partial charge >= 0.3 is 0 Å². The van der Waals surface area contributed by atoms with Crippen LogP contribution in [0.25, 0.3) is 27.6 Å². The maximum Gasteiger partial charge on any atom is 0.266 e. The number of rotatable bonds is 6. The highest BCUT2D eigenvalue weighted by molar-refractivity contribution is 5.87. The summed E-state index contributed by atoms with van der Waals surface area (Å²) in [6, 6.07) is 7.34. The third-order valence-corrected chi connectivity index (χ3v) is 5.20. The molecular formula is C22H22N6O2. The van der Waals surface area contributed by atoms with Crippen LogP contribution < -0.4 is 16.3 Å². The van der Waals surface area contributed by atoms with Gasteiger partial charge in [-0.3, -0.25) is 14.0 Å². The predicted molar refractivity (Wildman–Crippen MR) is 117 cm³/mol. The van der Waals surface area contributed by atoms with Crippen LogP contribution in [0, 0.1) is 18.3 Å². The third kappa shape index (κ3) is 3.28. The van der Waals surface area contributed by atoms with Gasteiger partial charge in [-0.2, -0.15) is 5.26 Å². The second-order valence-corrected chi connectivity index (χ2v) is 7.39. The lowest BCUT2D eigenvalue weighted by molar-refractivity contribution is 0.683. The van der Waals surface area contributed by atoms with Crippen LogP contribution in [0.1, 0.15) is 43.7 Å². The summed E-state index contributed by atoms with van der Waals surface area (Å²) >= 11 is 0. The van der Waals surface area contributed by atoms with Crippen LogP contribution in [0.5, 0.6) is 0 Å². The first-order valence-corrected chi connectivity index (χ1v) is 10.1. The minimum Gasteiger partial charge on any atom is -0.354 e. The van der Waals surface area contributed by atoms with Gasteiger partial charge in [0.25, 0.3) is 5.56 Å². The summed E-state index contributed by atoms with van der Waals surface area (Å²) in [5, 5.41) is 13.2. The fourth-order valence-electron chi connectivity index (χ4n) is 3.63. The number of H-pyrrole nitrogens is 1. The SMILES string of the molecule is CCCCCCNc1ncc2c(n1)c(=O)c(C#N)c1[nH]c3ccc(C)cc3c(=O)n12. The summed E-state index contributed by atoms with van der Waals surface area (Å²) in [5.41, 5.74) is 0.979. The number of hydrogen-bond acceptors (Lipinski definition) is 6. The normalized spacial score (nSPS) is 11.2. The van der Waals surface area contributed by atoms with Gasteiger partial charge < -0.3 is 10.3 Å². The van der Waals surface area contributed by atoms with E-state index in [2.05, 4.69) is 27.2 Å². The number of fused-ring (bicyclic) bond motifs is 4. The number of pyridine rings is 1. The molecule has 0 aliphatic carbocycles. The highest BCUT2D eigenvalue weighted by Crippen LogP contribution is 2.17. The third-order valence-electron chi connectivity index (χ3n) is 5.20. The van der Waals surface area contributed by atoms with Crippen LogP contribution in [0.15, 0.2) is 34.0 Å². The molecule has 0 saturated carbocycles. The zero-order chi connectivity index (χ0) is 21.3. The Balaban J connectivity index is 1.93. The Morgan fingerprint density at radius 2 is 2.07 bits per heavy atom. The van der Waals surface area contributed by atoms with Crippen molar-refractivity contribution in [2.75, 3.05) is 11.9 Å². The van der Waals surface area contributed by atoms with Crippen molar-refractivity contribution in [3.63, 3.8) is 0 Å². The first-order chi connectivity index (χ1) is 14.5. The van der Waals surface area contributed by atoms with E-state index in [1.54, 1.807) is 12.1 Å². The lowest BCUT2D eigenvalue weighted by Gasteiger charge is -2.11. The Kier molecular flexibility index (Phi) is 5.19. The van der Waals surface area contributed by atoms with Gasteiger partial charge in [-0.25, -0.2) is 9.97 Å². The minimum atomic E-state index is -0.522. The van der Waals surface area contributed by atoms with Crippen LogP contribution in [0.4, 0.5) is 5.95 Å². The molecule has 0 fully saturated rings. The van der Waals surface area contributed by atoms with Gasteiger partial charge in [-0.15, -0.1) is 0 Å². The Labute approximate surface area is 172 Å². The van der Waals surface area contributed by atoms with Crippen molar-refractivity contribution in [1.82, 2.24) is 19.4 Å². The van der Waals surface area contributed by atoms with Crippen LogP contribution in [0.3, 0.4) is 0 Å². The molecule has 0 bridgehead atoms. The van der Waals surface area contributed by atoms with Crippen molar-refractivity contribution in [3.05, 3.63) is 56.1 Å². The number of aryl methyl sites for hydroxylation is 1. The van der Waals surface area contributed by atoms with Crippen molar-refractivity contribution in [2.24, 2.45) is 0 Å². The molecule has 4 aromatic rings. The second kappa shape index (κ2) is 7.95. The van der Waals surface area contributed by atoms with Crippen molar-refractivity contribution in [2.45, 2.75) is 39.5 Å². The van der Waals surface area contributed by atoms with Gasteiger partial charge in [-0.1, -0.05) is 37.8 Å².